The first kappa shape index (κ1) is 26.5. The van der Waals surface area contributed by atoms with Crippen molar-refractivity contribution in [1.82, 2.24) is 14.9 Å². The predicted octanol–water partition coefficient (Wildman–Crippen LogP) is 3.64. The van der Waals surface area contributed by atoms with Crippen LogP contribution in [0.3, 0.4) is 0 Å². The number of aryl methyl sites for hydroxylation is 1. The smallest absolute Gasteiger partial charge is 0.254 e. The van der Waals surface area contributed by atoms with Crippen LogP contribution in [-0.2, 0) is 34.6 Å². The van der Waals surface area contributed by atoms with Crippen molar-refractivity contribution in [3.8, 4) is 11.4 Å². The minimum atomic E-state index is -1.73. The molecule has 214 valence electrons. The van der Waals surface area contributed by atoms with Crippen LogP contribution in [-0.4, -0.2) is 37.6 Å². The second-order valence-electron chi connectivity index (χ2n) is 12.2. The van der Waals surface area contributed by atoms with Crippen molar-refractivity contribution in [3.63, 3.8) is 0 Å². The maximum atomic E-state index is 15.1. The van der Waals surface area contributed by atoms with Crippen LogP contribution in [0.15, 0.2) is 16.9 Å². The topological polar surface area (TPSA) is 122 Å². The summed E-state index contributed by atoms with van der Waals surface area (Å²) >= 11 is 0. The number of hydrogen-bond donors (Lipinski definition) is 3. The van der Waals surface area contributed by atoms with Crippen molar-refractivity contribution in [2.75, 3.05) is 0 Å². The third-order valence-corrected chi connectivity index (χ3v) is 10.1. The molecule has 3 heterocycles. The van der Waals surface area contributed by atoms with E-state index in [1.165, 1.54) is 6.07 Å². The number of amides is 1. The SMILES string of the molecule is CC[C@@]1(O)C(=O)CCc2c1cc1n(c2=O)Cc2c-1nc1cc(F)c(C)c3c1c2[C@@H](NC(=O)C1CCCCC1O)CC3. The van der Waals surface area contributed by atoms with Gasteiger partial charge in [0, 0.05) is 34.6 Å². The highest BCUT2D eigenvalue weighted by atomic mass is 19.1. The average molecular weight is 560 g/mol. The molecule has 3 aliphatic carbocycles. The molecule has 2 unspecified atom stereocenters. The fourth-order valence-electron chi connectivity index (χ4n) is 7.78. The molecular weight excluding hydrogens is 525 g/mol. The van der Waals surface area contributed by atoms with Crippen LogP contribution >= 0.6 is 0 Å². The van der Waals surface area contributed by atoms with Gasteiger partial charge in [0.15, 0.2) is 5.78 Å². The molecule has 0 radical (unpaired) electrons. The molecule has 3 aromatic rings. The van der Waals surface area contributed by atoms with Gasteiger partial charge < -0.3 is 20.1 Å². The molecular formula is C32H34FN3O5. The number of rotatable bonds is 3. The van der Waals surface area contributed by atoms with E-state index in [4.69, 9.17) is 4.98 Å². The molecule has 4 atom stereocenters. The van der Waals surface area contributed by atoms with Gasteiger partial charge in [0.05, 0.1) is 41.5 Å². The third kappa shape index (κ3) is 3.71. The van der Waals surface area contributed by atoms with Crippen LogP contribution in [0.4, 0.5) is 4.39 Å². The minimum Gasteiger partial charge on any atom is -0.392 e. The van der Waals surface area contributed by atoms with Gasteiger partial charge in [-0.1, -0.05) is 19.8 Å². The predicted molar refractivity (Wildman–Crippen MR) is 150 cm³/mol. The largest absolute Gasteiger partial charge is 0.392 e. The summed E-state index contributed by atoms with van der Waals surface area (Å²) in [5, 5.41) is 25.9. The van der Waals surface area contributed by atoms with Crippen molar-refractivity contribution in [2.45, 2.75) is 95.9 Å². The number of aliphatic hydroxyl groups excluding tert-OH is 1. The van der Waals surface area contributed by atoms with E-state index in [-0.39, 0.29) is 54.9 Å². The van der Waals surface area contributed by atoms with E-state index in [1.807, 2.05) is 0 Å². The number of nitrogens with zero attached hydrogens (tertiary/aromatic N) is 2. The molecule has 1 fully saturated rings. The lowest BCUT2D eigenvalue weighted by Crippen LogP contribution is -2.43. The Kier molecular flexibility index (Phi) is 6.00. The molecule has 0 bridgehead atoms. The van der Waals surface area contributed by atoms with Gasteiger partial charge in [0.25, 0.3) is 5.56 Å². The molecule has 4 aliphatic rings. The van der Waals surface area contributed by atoms with E-state index < -0.39 is 17.6 Å². The van der Waals surface area contributed by atoms with Gasteiger partial charge in [-0.05, 0) is 68.2 Å². The Morgan fingerprint density at radius 2 is 1.90 bits per heavy atom. The van der Waals surface area contributed by atoms with Gasteiger partial charge >= 0.3 is 0 Å². The molecule has 9 heteroatoms. The van der Waals surface area contributed by atoms with Gasteiger partial charge in [0.2, 0.25) is 5.91 Å². The second-order valence-corrected chi connectivity index (χ2v) is 12.2. The number of nitrogens with one attached hydrogen (secondary N) is 1. The van der Waals surface area contributed by atoms with Crippen LogP contribution in [0.1, 0.15) is 91.3 Å². The summed E-state index contributed by atoms with van der Waals surface area (Å²) < 4.78 is 16.7. The van der Waals surface area contributed by atoms with Gasteiger partial charge in [-0.15, -0.1) is 0 Å². The number of aromatic nitrogens is 2. The van der Waals surface area contributed by atoms with Crippen molar-refractivity contribution >= 4 is 22.6 Å². The van der Waals surface area contributed by atoms with Crippen LogP contribution in [0.2, 0.25) is 0 Å². The van der Waals surface area contributed by atoms with Crippen molar-refractivity contribution in [3.05, 3.63) is 61.7 Å². The summed E-state index contributed by atoms with van der Waals surface area (Å²) in [6.45, 7) is 3.72. The second kappa shape index (κ2) is 9.29. The number of Topliss-reactive ketones (excluding diaryl/α,β-unsaturated/α-hetero) is 1. The number of hydrogen-bond acceptors (Lipinski definition) is 6. The Hall–Kier alpha value is -3.43. The Bertz CT molecular complexity index is 1730. The van der Waals surface area contributed by atoms with Crippen molar-refractivity contribution < 1.29 is 24.2 Å². The first-order chi connectivity index (χ1) is 19.6. The third-order valence-electron chi connectivity index (χ3n) is 10.1. The molecule has 3 N–H and O–H groups in total. The van der Waals surface area contributed by atoms with E-state index in [1.54, 1.807) is 24.5 Å². The molecule has 1 amide bonds. The molecule has 0 saturated heterocycles. The summed E-state index contributed by atoms with van der Waals surface area (Å²) in [5.74, 6) is -1.31. The molecule has 1 saturated carbocycles. The van der Waals surface area contributed by atoms with Crippen LogP contribution in [0.25, 0.3) is 22.3 Å². The summed E-state index contributed by atoms with van der Waals surface area (Å²) in [6, 6.07) is 2.74. The number of benzene rings is 1. The molecule has 2 aromatic heterocycles. The first-order valence-electron chi connectivity index (χ1n) is 14.8. The number of carbonyl (C=O) groups is 2. The lowest BCUT2D eigenvalue weighted by molar-refractivity contribution is -0.140. The average Bonchev–Trinajstić information content (AvgIpc) is 3.33. The zero-order chi connectivity index (χ0) is 28.8. The van der Waals surface area contributed by atoms with Crippen molar-refractivity contribution in [2.24, 2.45) is 5.92 Å². The summed E-state index contributed by atoms with van der Waals surface area (Å²) in [5.41, 5.74) is 3.31. The Morgan fingerprint density at radius 3 is 2.66 bits per heavy atom. The molecule has 1 aromatic carbocycles. The van der Waals surface area contributed by atoms with Crippen molar-refractivity contribution in [1.29, 1.82) is 0 Å². The standard InChI is InChI=1S/C32H34FN3O5/c1-3-32(41)20-12-24-29-19(14-36(24)31(40)17(20)9-11-26(32)38)28-22(35-30(39)18-6-4-5-7-25(18)37)10-8-16-15(2)21(33)13-23(34-29)27(16)28/h12-13,18,22,25,37,41H,3-11,14H2,1-2H3,(H,35,39)/t18?,22-,25?,32-/m0/s1. The van der Waals surface area contributed by atoms with E-state index in [0.717, 1.165) is 34.9 Å². The number of ketones is 1. The summed E-state index contributed by atoms with van der Waals surface area (Å²) in [4.78, 5) is 44.9. The normalized spacial score (nSPS) is 26.5. The molecule has 0 spiro atoms. The summed E-state index contributed by atoms with van der Waals surface area (Å²) in [6.07, 6.45) is 4.02. The Labute approximate surface area is 236 Å². The first-order valence-corrected chi connectivity index (χ1v) is 14.8. The van der Waals surface area contributed by atoms with Crippen LogP contribution in [0, 0.1) is 18.7 Å². The fraction of sp³-hybridized carbons (Fsp3) is 0.500. The quantitative estimate of drug-likeness (QED) is 0.353. The lowest BCUT2D eigenvalue weighted by Gasteiger charge is -2.33. The number of fused-ring (bicyclic) bond motifs is 5. The van der Waals surface area contributed by atoms with Gasteiger partial charge in [0.1, 0.15) is 11.4 Å². The van der Waals surface area contributed by atoms with Gasteiger partial charge in [-0.3, -0.25) is 14.4 Å². The monoisotopic (exact) mass is 559 g/mol. The minimum absolute atomic E-state index is 0.106. The zero-order valence-electron chi connectivity index (χ0n) is 23.3. The van der Waals surface area contributed by atoms with Gasteiger partial charge in [-0.2, -0.15) is 0 Å². The van der Waals surface area contributed by atoms with E-state index >= 15 is 4.39 Å². The maximum Gasteiger partial charge on any atom is 0.254 e. The molecule has 1 aliphatic heterocycles. The number of halogens is 1. The van der Waals surface area contributed by atoms with E-state index in [9.17, 15) is 24.6 Å². The van der Waals surface area contributed by atoms with E-state index in [2.05, 4.69) is 5.32 Å². The number of carbonyl (C=O) groups excluding carboxylic acids is 2. The van der Waals surface area contributed by atoms with Crippen LogP contribution < -0.4 is 10.9 Å². The molecule has 8 nitrogen and oxygen atoms in total. The highest BCUT2D eigenvalue weighted by Crippen LogP contribution is 2.46. The lowest BCUT2D eigenvalue weighted by atomic mass is 9.77. The van der Waals surface area contributed by atoms with E-state index in [0.29, 0.717) is 59.3 Å². The van der Waals surface area contributed by atoms with Crippen LogP contribution in [0.5, 0.6) is 0 Å². The fourth-order valence-corrected chi connectivity index (χ4v) is 7.78. The zero-order valence-corrected chi connectivity index (χ0v) is 23.3. The number of aliphatic hydroxyl groups is 2. The Balaban J connectivity index is 1.43. The maximum absolute atomic E-state index is 15.1. The summed E-state index contributed by atoms with van der Waals surface area (Å²) in [7, 11) is 0. The number of pyridine rings is 2. The highest BCUT2D eigenvalue weighted by molar-refractivity contribution is 5.94. The highest BCUT2D eigenvalue weighted by Gasteiger charge is 2.44. The Morgan fingerprint density at radius 1 is 1.12 bits per heavy atom. The van der Waals surface area contributed by atoms with Gasteiger partial charge in [-0.25, -0.2) is 9.37 Å². The molecule has 7 rings (SSSR count). The molecule has 41 heavy (non-hydrogen) atoms.